The van der Waals surface area contributed by atoms with Crippen molar-refractivity contribution in [3.63, 3.8) is 0 Å². The van der Waals surface area contributed by atoms with Crippen LogP contribution in [0, 0.1) is 5.82 Å². The average Bonchev–Trinajstić information content (AvgIpc) is 3.64. The summed E-state index contributed by atoms with van der Waals surface area (Å²) in [6.07, 6.45) is -1.20. The number of carbonyl (C=O) groups is 1. The summed E-state index contributed by atoms with van der Waals surface area (Å²) in [4.78, 5) is 34.9. The molecular weight excluding hydrogens is 556 g/mol. The Morgan fingerprint density at radius 1 is 1.10 bits per heavy atom. The van der Waals surface area contributed by atoms with Gasteiger partial charge < -0.3 is 20.3 Å². The second-order valence-electron chi connectivity index (χ2n) is 11.4. The van der Waals surface area contributed by atoms with E-state index in [1.54, 1.807) is 0 Å². The molecule has 0 bridgehead atoms. The van der Waals surface area contributed by atoms with E-state index in [2.05, 4.69) is 15.2 Å². The third kappa shape index (κ3) is 6.10. The molecule has 0 radical (unpaired) electrons. The van der Waals surface area contributed by atoms with E-state index in [1.807, 2.05) is 41.7 Å². The third-order valence-corrected chi connectivity index (χ3v) is 8.59. The number of hydrogen-bond donors (Lipinski definition) is 3. The number of alkyl halides is 3. The number of halogens is 4. The lowest BCUT2D eigenvalue weighted by Gasteiger charge is -2.44. The van der Waals surface area contributed by atoms with Gasteiger partial charge in [-0.1, -0.05) is 6.08 Å². The highest BCUT2D eigenvalue weighted by atomic mass is 19.4. The normalized spacial score (nSPS) is 23.3. The van der Waals surface area contributed by atoms with Gasteiger partial charge in [-0.3, -0.25) is 24.3 Å². The number of benzene rings is 1. The van der Waals surface area contributed by atoms with Crippen molar-refractivity contribution >= 4 is 22.9 Å². The second-order valence-corrected chi connectivity index (χ2v) is 11.4. The number of carbonyl (C=O) groups excluding carboxylic acids is 1. The van der Waals surface area contributed by atoms with Gasteiger partial charge in [-0.15, -0.1) is 0 Å². The van der Waals surface area contributed by atoms with Crippen LogP contribution in [-0.2, 0) is 6.18 Å². The SMILES string of the molecule is C[C@@H]1CN(c2cc(F)c(C3=CCN(C(O)N4CCCC4)C3)cc2NC(=O)c2c[nH]c(=O)cc2C(F)(F)F)C[C@H](C)N1C. The van der Waals surface area contributed by atoms with Gasteiger partial charge in [0.1, 0.15) is 5.82 Å². The van der Waals surface area contributed by atoms with Crippen molar-refractivity contribution in [3.05, 3.63) is 63.3 Å². The summed E-state index contributed by atoms with van der Waals surface area (Å²) in [5, 5.41) is 13.4. The Morgan fingerprint density at radius 3 is 2.40 bits per heavy atom. The van der Waals surface area contributed by atoms with E-state index in [-0.39, 0.29) is 29.9 Å². The molecule has 3 aliphatic rings. The van der Waals surface area contributed by atoms with Gasteiger partial charge in [-0.25, -0.2) is 4.39 Å². The molecule has 228 valence electrons. The number of rotatable bonds is 6. The summed E-state index contributed by atoms with van der Waals surface area (Å²) >= 11 is 0. The van der Waals surface area contributed by atoms with Crippen LogP contribution in [0.15, 0.2) is 35.3 Å². The highest BCUT2D eigenvalue weighted by Gasteiger charge is 2.37. The van der Waals surface area contributed by atoms with Gasteiger partial charge in [0.25, 0.3) is 5.91 Å². The Morgan fingerprint density at radius 2 is 1.76 bits per heavy atom. The van der Waals surface area contributed by atoms with Crippen molar-refractivity contribution in [2.24, 2.45) is 0 Å². The molecule has 5 rings (SSSR count). The van der Waals surface area contributed by atoms with Crippen LogP contribution < -0.4 is 15.8 Å². The fourth-order valence-electron chi connectivity index (χ4n) is 6.01. The predicted molar refractivity (Wildman–Crippen MR) is 152 cm³/mol. The third-order valence-electron chi connectivity index (χ3n) is 8.59. The second kappa shape index (κ2) is 11.8. The van der Waals surface area contributed by atoms with E-state index >= 15 is 4.39 Å². The van der Waals surface area contributed by atoms with Crippen LogP contribution in [0.5, 0.6) is 0 Å². The van der Waals surface area contributed by atoms with Gasteiger partial charge in [0.15, 0.2) is 6.35 Å². The number of pyridine rings is 1. The minimum Gasteiger partial charge on any atom is -0.367 e. The van der Waals surface area contributed by atoms with Crippen molar-refractivity contribution in [2.45, 2.75) is 51.3 Å². The molecule has 0 saturated carbocycles. The highest BCUT2D eigenvalue weighted by Crippen LogP contribution is 2.37. The number of piperazine rings is 1. The zero-order valence-electron chi connectivity index (χ0n) is 23.8. The smallest absolute Gasteiger partial charge is 0.367 e. The van der Waals surface area contributed by atoms with Crippen LogP contribution in [0.4, 0.5) is 28.9 Å². The van der Waals surface area contributed by atoms with Crippen LogP contribution >= 0.6 is 0 Å². The number of amides is 1. The monoisotopic (exact) mass is 592 g/mol. The molecule has 13 heteroatoms. The summed E-state index contributed by atoms with van der Waals surface area (Å²) in [5.41, 5.74) is -1.80. The molecular formula is C29H36F4N6O3. The van der Waals surface area contributed by atoms with Gasteiger partial charge in [0.2, 0.25) is 5.56 Å². The number of nitrogens with zero attached hydrogens (tertiary/aromatic N) is 4. The lowest BCUT2D eigenvalue weighted by Crippen LogP contribution is -2.55. The molecule has 2 fully saturated rings. The number of anilines is 2. The molecule has 0 aliphatic carbocycles. The van der Waals surface area contributed by atoms with Crippen LogP contribution in [-0.4, -0.2) is 95.4 Å². The topological polar surface area (TPSA) is 95.1 Å². The van der Waals surface area contributed by atoms with E-state index < -0.39 is 40.9 Å². The maximum atomic E-state index is 15.8. The summed E-state index contributed by atoms with van der Waals surface area (Å²) in [6, 6.07) is 3.29. The first kappa shape index (κ1) is 30.2. The maximum Gasteiger partial charge on any atom is 0.417 e. The molecule has 0 spiro atoms. The first-order chi connectivity index (χ1) is 19.8. The van der Waals surface area contributed by atoms with E-state index in [1.165, 1.54) is 12.1 Å². The van der Waals surface area contributed by atoms with Gasteiger partial charge >= 0.3 is 6.18 Å². The quantitative estimate of drug-likeness (QED) is 0.443. The Bertz CT molecular complexity index is 1410. The van der Waals surface area contributed by atoms with Crippen LogP contribution in [0.1, 0.15) is 48.2 Å². The molecule has 1 aromatic carbocycles. The zero-order valence-corrected chi connectivity index (χ0v) is 23.8. The maximum absolute atomic E-state index is 15.8. The number of aliphatic hydroxyl groups is 1. The van der Waals surface area contributed by atoms with E-state index in [9.17, 15) is 27.9 Å². The van der Waals surface area contributed by atoms with E-state index in [0.29, 0.717) is 37.0 Å². The average molecular weight is 593 g/mol. The molecule has 1 unspecified atom stereocenters. The molecule has 2 saturated heterocycles. The highest BCUT2D eigenvalue weighted by molar-refractivity contribution is 6.07. The number of likely N-dealkylation sites (N-methyl/N-ethyl adjacent to an activating group) is 1. The summed E-state index contributed by atoms with van der Waals surface area (Å²) in [7, 11) is 1.99. The number of aromatic nitrogens is 1. The van der Waals surface area contributed by atoms with Gasteiger partial charge in [0, 0.05) is 69.2 Å². The number of H-pyrrole nitrogens is 1. The number of likely N-dealkylation sites (tertiary alicyclic amines) is 1. The number of aromatic amines is 1. The Labute approximate surface area is 241 Å². The molecule has 3 aliphatic heterocycles. The molecule has 3 atom stereocenters. The van der Waals surface area contributed by atoms with Crippen molar-refractivity contribution in [3.8, 4) is 0 Å². The fourth-order valence-corrected chi connectivity index (χ4v) is 6.01. The molecule has 1 aromatic heterocycles. The largest absolute Gasteiger partial charge is 0.417 e. The van der Waals surface area contributed by atoms with Gasteiger partial charge in [-0.2, -0.15) is 13.2 Å². The lowest BCUT2D eigenvalue weighted by atomic mass is 10.0. The summed E-state index contributed by atoms with van der Waals surface area (Å²) < 4.78 is 57.0. The van der Waals surface area contributed by atoms with Crippen molar-refractivity contribution in [1.29, 1.82) is 0 Å². The van der Waals surface area contributed by atoms with Crippen molar-refractivity contribution in [1.82, 2.24) is 19.7 Å². The Kier molecular flexibility index (Phi) is 8.48. The number of aliphatic hydroxyl groups excluding tert-OH is 1. The molecule has 4 heterocycles. The molecule has 42 heavy (non-hydrogen) atoms. The van der Waals surface area contributed by atoms with E-state index in [0.717, 1.165) is 32.1 Å². The van der Waals surface area contributed by atoms with Crippen molar-refractivity contribution < 1.29 is 27.5 Å². The molecule has 2 aromatic rings. The first-order valence-electron chi connectivity index (χ1n) is 14.1. The van der Waals surface area contributed by atoms with Gasteiger partial charge in [0.05, 0.1) is 22.5 Å². The number of hydrogen-bond acceptors (Lipinski definition) is 7. The summed E-state index contributed by atoms with van der Waals surface area (Å²) in [6.45, 7) is 7.27. The van der Waals surface area contributed by atoms with E-state index in [4.69, 9.17) is 0 Å². The fraction of sp³-hybridized carbons (Fsp3) is 0.517. The molecule has 3 N–H and O–H groups in total. The van der Waals surface area contributed by atoms with Gasteiger partial charge in [-0.05, 0) is 51.4 Å². The van der Waals surface area contributed by atoms with Crippen molar-refractivity contribution in [2.75, 3.05) is 56.5 Å². The molecule has 9 nitrogen and oxygen atoms in total. The minimum absolute atomic E-state index is 0.0919. The molecule has 1 amide bonds. The number of nitrogens with one attached hydrogen (secondary N) is 2. The lowest BCUT2D eigenvalue weighted by molar-refractivity contribution is -0.138. The summed E-state index contributed by atoms with van der Waals surface area (Å²) in [5.74, 6) is -1.62. The minimum atomic E-state index is -4.94. The van der Waals surface area contributed by atoms with Crippen LogP contribution in [0.25, 0.3) is 5.57 Å². The van der Waals surface area contributed by atoms with Crippen LogP contribution in [0.2, 0.25) is 0 Å². The standard InChI is InChI=1S/C29H36F4N6O3/c1-17-14-39(15-18(2)36(17)3)25-12-23(30)20(19-6-9-38(16-19)28(42)37-7-4-5-8-37)10-24(25)35-27(41)21-13-34-26(40)11-22(21)29(31,32)33/h6,10-13,17-18,28,42H,4-5,7-9,14-16H2,1-3H3,(H,34,40)(H,35,41)/t17-,18+,28?. The Hall–Kier alpha value is -3.26. The predicted octanol–water partition coefficient (Wildman–Crippen LogP) is 3.38. The van der Waals surface area contributed by atoms with Crippen LogP contribution in [0.3, 0.4) is 0 Å². The first-order valence-corrected chi connectivity index (χ1v) is 14.1. The zero-order chi connectivity index (χ0) is 30.3. The Balaban J connectivity index is 1.50.